The van der Waals surface area contributed by atoms with Crippen LogP contribution in [-0.4, -0.2) is 11.0 Å². The molecule has 3 aromatic rings. The fourth-order valence-corrected chi connectivity index (χ4v) is 3.10. The van der Waals surface area contributed by atoms with Crippen molar-refractivity contribution in [2.24, 2.45) is 5.73 Å². The van der Waals surface area contributed by atoms with E-state index in [1.54, 1.807) is 24.3 Å². The summed E-state index contributed by atoms with van der Waals surface area (Å²) >= 11 is 3.31. The molecule has 0 fully saturated rings. The van der Waals surface area contributed by atoms with E-state index < -0.39 is 23.6 Å². The second kappa shape index (κ2) is 8.16. The summed E-state index contributed by atoms with van der Waals surface area (Å²) < 4.78 is 44.2. The molecule has 0 aliphatic rings. The van der Waals surface area contributed by atoms with Gasteiger partial charge in [0.05, 0.1) is 11.5 Å². The molecule has 3 aromatic carbocycles. The zero-order valence-corrected chi connectivity index (χ0v) is 16.4. The molecular weight excluding hydrogens is 451 g/mol. The number of nitrogens with two attached hydrogens (primary N) is 1. The first-order valence-corrected chi connectivity index (χ1v) is 9.17. The molecular formula is C21H15BrF3NO3. The summed E-state index contributed by atoms with van der Waals surface area (Å²) in [5.41, 5.74) is 5.64. The van der Waals surface area contributed by atoms with Gasteiger partial charge in [0.15, 0.2) is 0 Å². The van der Waals surface area contributed by atoms with E-state index in [4.69, 9.17) is 10.5 Å². The molecule has 0 aliphatic heterocycles. The average molecular weight is 466 g/mol. The first-order chi connectivity index (χ1) is 13.6. The standard InChI is InChI=1S/C21H15BrF3NO3/c22-14-5-1-12(2-6-14)19(20(26)28)17-10-9-16(11-18(17)27)29-15-7-3-13(4-8-15)21(23,24)25/h1-11,19,27H,(H2,26,28). The Morgan fingerprint density at radius 1 is 0.966 bits per heavy atom. The lowest BCUT2D eigenvalue weighted by atomic mass is 9.90. The average Bonchev–Trinajstić information content (AvgIpc) is 2.65. The van der Waals surface area contributed by atoms with Gasteiger partial charge in [0.25, 0.3) is 0 Å². The highest BCUT2D eigenvalue weighted by molar-refractivity contribution is 9.10. The molecule has 0 saturated heterocycles. The topological polar surface area (TPSA) is 72.6 Å². The second-order valence-electron chi connectivity index (χ2n) is 6.23. The highest BCUT2D eigenvalue weighted by Gasteiger charge is 2.30. The predicted octanol–water partition coefficient (Wildman–Crippen LogP) is 5.58. The summed E-state index contributed by atoms with van der Waals surface area (Å²) in [7, 11) is 0. The van der Waals surface area contributed by atoms with E-state index >= 15 is 0 Å². The van der Waals surface area contributed by atoms with Gasteiger partial charge in [-0.15, -0.1) is 0 Å². The predicted molar refractivity (Wildman–Crippen MR) is 105 cm³/mol. The summed E-state index contributed by atoms with van der Waals surface area (Å²) in [6.45, 7) is 0. The van der Waals surface area contributed by atoms with E-state index in [1.807, 2.05) is 0 Å². The van der Waals surface area contributed by atoms with E-state index in [1.165, 1.54) is 30.3 Å². The number of phenols is 1. The summed E-state index contributed by atoms with van der Waals surface area (Å²) in [5.74, 6) is -1.36. The Morgan fingerprint density at radius 3 is 2.07 bits per heavy atom. The number of alkyl halides is 3. The van der Waals surface area contributed by atoms with Gasteiger partial charge >= 0.3 is 6.18 Å². The van der Waals surface area contributed by atoms with E-state index in [0.717, 1.165) is 16.6 Å². The SMILES string of the molecule is NC(=O)C(c1ccc(Br)cc1)c1ccc(Oc2ccc(C(F)(F)F)cc2)cc1O. The fraction of sp³-hybridized carbons (Fsp3) is 0.0952. The van der Waals surface area contributed by atoms with Gasteiger partial charge in [-0.1, -0.05) is 34.1 Å². The third kappa shape index (κ3) is 4.89. The number of carbonyl (C=O) groups is 1. The highest BCUT2D eigenvalue weighted by atomic mass is 79.9. The van der Waals surface area contributed by atoms with Crippen molar-refractivity contribution in [1.29, 1.82) is 0 Å². The first-order valence-electron chi connectivity index (χ1n) is 8.38. The Morgan fingerprint density at radius 2 is 1.55 bits per heavy atom. The molecule has 1 atom stereocenters. The van der Waals surface area contributed by atoms with Crippen molar-refractivity contribution in [1.82, 2.24) is 0 Å². The zero-order valence-electron chi connectivity index (χ0n) is 14.8. The third-order valence-corrected chi connectivity index (χ3v) is 4.75. The van der Waals surface area contributed by atoms with E-state index in [9.17, 15) is 23.1 Å². The number of carbonyl (C=O) groups excluding carboxylic acids is 1. The van der Waals surface area contributed by atoms with Crippen molar-refractivity contribution in [3.05, 3.63) is 87.9 Å². The Hall–Kier alpha value is -3.00. The van der Waals surface area contributed by atoms with Gasteiger partial charge in [-0.2, -0.15) is 13.2 Å². The Labute approximate surface area is 172 Å². The molecule has 0 bridgehead atoms. The Kier molecular flexibility index (Phi) is 5.83. The van der Waals surface area contributed by atoms with Gasteiger partial charge in [-0.05, 0) is 48.0 Å². The molecule has 0 radical (unpaired) electrons. The maximum Gasteiger partial charge on any atom is 0.416 e. The number of amides is 1. The molecule has 3 rings (SSSR count). The minimum atomic E-state index is -4.44. The van der Waals surface area contributed by atoms with Gasteiger partial charge < -0.3 is 15.6 Å². The lowest BCUT2D eigenvalue weighted by Gasteiger charge is -2.17. The summed E-state index contributed by atoms with van der Waals surface area (Å²) in [6.07, 6.45) is -4.44. The molecule has 0 heterocycles. The number of aromatic hydroxyl groups is 1. The number of primary amides is 1. The molecule has 4 nitrogen and oxygen atoms in total. The van der Waals surface area contributed by atoms with Crippen LogP contribution in [0, 0.1) is 0 Å². The van der Waals surface area contributed by atoms with Crippen LogP contribution < -0.4 is 10.5 Å². The number of benzene rings is 3. The van der Waals surface area contributed by atoms with Gasteiger partial charge in [-0.3, -0.25) is 4.79 Å². The molecule has 8 heteroatoms. The van der Waals surface area contributed by atoms with Crippen LogP contribution in [0.5, 0.6) is 17.2 Å². The Bertz CT molecular complexity index is 1020. The van der Waals surface area contributed by atoms with E-state index in [2.05, 4.69) is 15.9 Å². The summed E-state index contributed by atoms with van der Waals surface area (Å²) in [5, 5.41) is 10.4. The van der Waals surface area contributed by atoms with Gasteiger partial charge in [0.1, 0.15) is 17.2 Å². The number of hydrogen-bond donors (Lipinski definition) is 2. The molecule has 0 aromatic heterocycles. The number of halogens is 4. The van der Waals surface area contributed by atoms with Crippen LogP contribution in [0.4, 0.5) is 13.2 Å². The van der Waals surface area contributed by atoms with Crippen molar-refractivity contribution in [2.75, 3.05) is 0 Å². The Balaban J connectivity index is 1.85. The summed E-state index contributed by atoms with van der Waals surface area (Å²) in [4.78, 5) is 12.0. The lowest BCUT2D eigenvalue weighted by Crippen LogP contribution is -2.22. The smallest absolute Gasteiger partial charge is 0.416 e. The maximum atomic E-state index is 12.6. The maximum absolute atomic E-state index is 12.6. The normalized spacial score (nSPS) is 12.4. The van der Waals surface area contributed by atoms with Crippen molar-refractivity contribution >= 4 is 21.8 Å². The fourth-order valence-electron chi connectivity index (χ4n) is 2.83. The van der Waals surface area contributed by atoms with Crippen LogP contribution in [0.1, 0.15) is 22.6 Å². The highest BCUT2D eigenvalue weighted by Crippen LogP contribution is 2.36. The first kappa shape index (κ1) is 20.7. The van der Waals surface area contributed by atoms with Crippen molar-refractivity contribution in [2.45, 2.75) is 12.1 Å². The quantitative estimate of drug-likeness (QED) is 0.516. The van der Waals surface area contributed by atoms with Crippen LogP contribution in [0.2, 0.25) is 0 Å². The van der Waals surface area contributed by atoms with Crippen molar-refractivity contribution in [3.63, 3.8) is 0 Å². The molecule has 150 valence electrons. The van der Waals surface area contributed by atoms with Crippen LogP contribution in [0.3, 0.4) is 0 Å². The lowest BCUT2D eigenvalue weighted by molar-refractivity contribution is -0.137. The van der Waals surface area contributed by atoms with Gasteiger partial charge in [0.2, 0.25) is 5.91 Å². The largest absolute Gasteiger partial charge is 0.507 e. The molecule has 0 spiro atoms. The van der Waals surface area contributed by atoms with Crippen LogP contribution in [0.15, 0.2) is 71.2 Å². The van der Waals surface area contributed by atoms with Crippen LogP contribution in [-0.2, 0) is 11.0 Å². The molecule has 1 amide bonds. The number of rotatable bonds is 5. The zero-order chi connectivity index (χ0) is 21.2. The molecule has 0 saturated carbocycles. The third-order valence-electron chi connectivity index (χ3n) is 4.22. The molecule has 29 heavy (non-hydrogen) atoms. The van der Waals surface area contributed by atoms with E-state index in [-0.39, 0.29) is 17.2 Å². The minimum absolute atomic E-state index is 0.171. The van der Waals surface area contributed by atoms with E-state index in [0.29, 0.717) is 11.1 Å². The number of hydrogen-bond acceptors (Lipinski definition) is 3. The van der Waals surface area contributed by atoms with Crippen molar-refractivity contribution in [3.8, 4) is 17.2 Å². The van der Waals surface area contributed by atoms with Crippen molar-refractivity contribution < 1.29 is 27.8 Å². The second-order valence-corrected chi connectivity index (χ2v) is 7.15. The van der Waals surface area contributed by atoms with Crippen LogP contribution in [0.25, 0.3) is 0 Å². The molecule has 0 aliphatic carbocycles. The monoisotopic (exact) mass is 465 g/mol. The minimum Gasteiger partial charge on any atom is -0.507 e. The number of ether oxygens (including phenoxy) is 1. The molecule has 3 N–H and O–H groups in total. The summed E-state index contributed by atoms with van der Waals surface area (Å²) in [6, 6.07) is 15.4. The molecule has 1 unspecified atom stereocenters. The number of phenolic OH excluding ortho intramolecular Hbond substituents is 1. The van der Waals surface area contributed by atoms with Gasteiger partial charge in [0, 0.05) is 16.1 Å². The van der Waals surface area contributed by atoms with Crippen LogP contribution >= 0.6 is 15.9 Å². The van der Waals surface area contributed by atoms with Gasteiger partial charge in [-0.25, -0.2) is 0 Å².